The van der Waals surface area contributed by atoms with Gasteiger partial charge in [-0.05, 0) is 52.7 Å². The third-order valence-corrected chi connectivity index (χ3v) is 4.10. The SMILES string of the molecule is Cc1cccc(C(=O)O)c1NC(=O)c1cc(Br)ccc1Br. The lowest BCUT2D eigenvalue weighted by atomic mass is 10.1. The molecule has 2 N–H and O–H groups in total. The number of aryl methyl sites for hydroxylation is 1. The van der Waals surface area contributed by atoms with Crippen LogP contribution in [0.25, 0.3) is 0 Å². The summed E-state index contributed by atoms with van der Waals surface area (Å²) >= 11 is 6.62. The Morgan fingerprint density at radius 2 is 1.81 bits per heavy atom. The van der Waals surface area contributed by atoms with Gasteiger partial charge in [0.05, 0.1) is 16.8 Å². The number of hydrogen-bond donors (Lipinski definition) is 2. The Bertz CT molecular complexity index is 729. The summed E-state index contributed by atoms with van der Waals surface area (Å²) in [5.74, 6) is -1.46. The molecule has 0 saturated heterocycles. The first kappa shape index (κ1) is 15.7. The summed E-state index contributed by atoms with van der Waals surface area (Å²) in [7, 11) is 0. The lowest BCUT2D eigenvalue weighted by molar-refractivity contribution is 0.0698. The fourth-order valence-corrected chi connectivity index (χ4v) is 2.65. The van der Waals surface area contributed by atoms with E-state index in [9.17, 15) is 14.7 Å². The predicted molar refractivity (Wildman–Crippen MR) is 87.9 cm³/mol. The van der Waals surface area contributed by atoms with Gasteiger partial charge in [0.1, 0.15) is 0 Å². The summed E-state index contributed by atoms with van der Waals surface area (Å²) in [5, 5.41) is 11.9. The summed E-state index contributed by atoms with van der Waals surface area (Å²) in [6, 6.07) is 10.1. The third kappa shape index (κ3) is 3.51. The largest absolute Gasteiger partial charge is 0.478 e. The van der Waals surface area contributed by atoms with Gasteiger partial charge in [-0.1, -0.05) is 28.1 Å². The molecule has 2 aromatic carbocycles. The van der Waals surface area contributed by atoms with Crippen LogP contribution in [0.4, 0.5) is 5.69 Å². The molecular formula is C15H11Br2NO3. The lowest BCUT2D eigenvalue weighted by Gasteiger charge is -2.12. The molecule has 0 saturated carbocycles. The van der Waals surface area contributed by atoms with Crippen molar-refractivity contribution in [3.63, 3.8) is 0 Å². The topological polar surface area (TPSA) is 66.4 Å². The summed E-state index contributed by atoms with van der Waals surface area (Å²) in [6.07, 6.45) is 0. The fourth-order valence-electron chi connectivity index (χ4n) is 1.86. The van der Waals surface area contributed by atoms with Crippen LogP contribution in [0.5, 0.6) is 0 Å². The number of carbonyl (C=O) groups is 2. The average Bonchev–Trinajstić information content (AvgIpc) is 2.43. The van der Waals surface area contributed by atoms with Crippen LogP contribution in [0.3, 0.4) is 0 Å². The van der Waals surface area contributed by atoms with Crippen LogP contribution in [-0.2, 0) is 0 Å². The van der Waals surface area contributed by atoms with Gasteiger partial charge in [0.15, 0.2) is 0 Å². The molecule has 0 aliphatic heterocycles. The van der Waals surface area contributed by atoms with Crippen molar-refractivity contribution in [1.29, 1.82) is 0 Å². The summed E-state index contributed by atoms with van der Waals surface area (Å²) in [4.78, 5) is 23.6. The fraction of sp³-hybridized carbons (Fsp3) is 0.0667. The number of amides is 1. The number of nitrogens with one attached hydrogen (secondary N) is 1. The van der Waals surface area contributed by atoms with E-state index in [-0.39, 0.29) is 11.5 Å². The number of carbonyl (C=O) groups excluding carboxylic acids is 1. The van der Waals surface area contributed by atoms with Crippen LogP contribution >= 0.6 is 31.9 Å². The number of aromatic carboxylic acids is 1. The highest BCUT2D eigenvalue weighted by molar-refractivity contribution is 9.11. The van der Waals surface area contributed by atoms with Crippen LogP contribution in [0.1, 0.15) is 26.3 Å². The van der Waals surface area contributed by atoms with E-state index in [4.69, 9.17) is 0 Å². The molecule has 0 aliphatic carbocycles. The van der Waals surface area contributed by atoms with Crippen LogP contribution in [0.15, 0.2) is 45.3 Å². The monoisotopic (exact) mass is 411 g/mol. The number of anilines is 1. The smallest absolute Gasteiger partial charge is 0.337 e. The number of halogens is 2. The predicted octanol–water partition coefficient (Wildman–Crippen LogP) is 4.47. The Morgan fingerprint density at radius 3 is 2.48 bits per heavy atom. The molecule has 0 heterocycles. The Balaban J connectivity index is 2.41. The van der Waals surface area contributed by atoms with Gasteiger partial charge in [-0.3, -0.25) is 4.79 Å². The molecule has 2 aromatic rings. The average molecular weight is 413 g/mol. The minimum Gasteiger partial charge on any atom is -0.478 e. The summed E-state index contributed by atoms with van der Waals surface area (Å²) in [6.45, 7) is 1.75. The molecule has 1 amide bonds. The minimum absolute atomic E-state index is 0.0643. The van der Waals surface area contributed by atoms with Gasteiger partial charge < -0.3 is 10.4 Å². The summed E-state index contributed by atoms with van der Waals surface area (Å²) < 4.78 is 1.40. The third-order valence-electron chi connectivity index (χ3n) is 2.91. The number of carboxylic acids is 1. The van der Waals surface area contributed by atoms with E-state index >= 15 is 0 Å². The highest BCUT2D eigenvalue weighted by Gasteiger charge is 2.17. The van der Waals surface area contributed by atoms with Crippen molar-refractivity contribution in [2.45, 2.75) is 6.92 Å². The van der Waals surface area contributed by atoms with E-state index in [1.54, 1.807) is 37.3 Å². The van der Waals surface area contributed by atoms with E-state index in [0.717, 1.165) is 4.47 Å². The zero-order valence-electron chi connectivity index (χ0n) is 11.0. The molecule has 0 fully saturated rings. The zero-order valence-corrected chi connectivity index (χ0v) is 14.2. The van der Waals surface area contributed by atoms with E-state index in [0.29, 0.717) is 21.3 Å². The Labute approximate surface area is 138 Å². The quantitative estimate of drug-likeness (QED) is 0.781. The van der Waals surface area contributed by atoms with Crippen molar-refractivity contribution in [2.75, 3.05) is 5.32 Å². The maximum atomic E-state index is 12.4. The molecule has 0 radical (unpaired) electrons. The van der Waals surface area contributed by atoms with E-state index in [1.165, 1.54) is 6.07 Å². The van der Waals surface area contributed by atoms with Crippen molar-refractivity contribution in [1.82, 2.24) is 0 Å². The van der Waals surface area contributed by atoms with E-state index in [2.05, 4.69) is 37.2 Å². The van der Waals surface area contributed by atoms with Gasteiger partial charge in [0.2, 0.25) is 0 Å². The van der Waals surface area contributed by atoms with E-state index < -0.39 is 5.97 Å². The number of para-hydroxylation sites is 1. The highest BCUT2D eigenvalue weighted by Crippen LogP contribution is 2.25. The van der Waals surface area contributed by atoms with Gasteiger partial charge in [0.25, 0.3) is 5.91 Å². The number of rotatable bonds is 3. The van der Waals surface area contributed by atoms with Crippen molar-refractivity contribution in [2.24, 2.45) is 0 Å². The number of hydrogen-bond acceptors (Lipinski definition) is 2. The minimum atomic E-state index is -1.08. The van der Waals surface area contributed by atoms with Crippen LogP contribution in [0, 0.1) is 6.92 Å². The summed E-state index contributed by atoms with van der Waals surface area (Å²) in [5.41, 5.74) is 1.48. The van der Waals surface area contributed by atoms with Crippen molar-refractivity contribution < 1.29 is 14.7 Å². The molecule has 0 aromatic heterocycles. The second-order valence-corrected chi connectivity index (χ2v) is 6.15. The second-order valence-electron chi connectivity index (χ2n) is 4.38. The Hall–Kier alpha value is -1.66. The molecule has 0 spiro atoms. The van der Waals surface area contributed by atoms with Crippen molar-refractivity contribution in [3.05, 3.63) is 62.0 Å². The Kier molecular flexibility index (Phi) is 4.80. The molecule has 4 nitrogen and oxygen atoms in total. The molecule has 0 bridgehead atoms. The standard InChI is InChI=1S/C15H11Br2NO3/c1-8-3-2-4-10(15(20)21)13(8)18-14(19)11-7-9(16)5-6-12(11)17/h2-7H,1H3,(H,18,19)(H,20,21). The van der Waals surface area contributed by atoms with Gasteiger partial charge >= 0.3 is 5.97 Å². The van der Waals surface area contributed by atoms with Crippen molar-refractivity contribution >= 4 is 49.4 Å². The van der Waals surface area contributed by atoms with E-state index in [1.807, 2.05) is 0 Å². The molecule has 2 rings (SSSR count). The lowest BCUT2D eigenvalue weighted by Crippen LogP contribution is -2.16. The number of carboxylic acid groups (broad SMARTS) is 1. The molecule has 21 heavy (non-hydrogen) atoms. The first-order valence-electron chi connectivity index (χ1n) is 5.99. The number of benzene rings is 2. The van der Waals surface area contributed by atoms with Gasteiger partial charge in [-0.25, -0.2) is 4.79 Å². The molecule has 0 aliphatic rings. The first-order valence-corrected chi connectivity index (χ1v) is 7.58. The highest BCUT2D eigenvalue weighted by atomic mass is 79.9. The van der Waals surface area contributed by atoms with Gasteiger partial charge in [-0.15, -0.1) is 0 Å². The maximum absolute atomic E-state index is 12.4. The second kappa shape index (κ2) is 6.41. The van der Waals surface area contributed by atoms with Gasteiger partial charge in [0, 0.05) is 8.95 Å². The molecule has 6 heteroatoms. The molecule has 0 atom stereocenters. The first-order chi connectivity index (χ1) is 9.90. The van der Waals surface area contributed by atoms with Gasteiger partial charge in [-0.2, -0.15) is 0 Å². The normalized spacial score (nSPS) is 10.2. The molecular weight excluding hydrogens is 402 g/mol. The molecule has 108 valence electrons. The van der Waals surface area contributed by atoms with Crippen LogP contribution < -0.4 is 5.32 Å². The van der Waals surface area contributed by atoms with Crippen LogP contribution in [-0.4, -0.2) is 17.0 Å². The van der Waals surface area contributed by atoms with Crippen LogP contribution in [0.2, 0.25) is 0 Å². The zero-order chi connectivity index (χ0) is 15.6. The van der Waals surface area contributed by atoms with Crippen molar-refractivity contribution in [3.8, 4) is 0 Å². The Morgan fingerprint density at radius 1 is 1.10 bits per heavy atom. The molecule has 0 unspecified atom stereocenters. The maximum Gasteiger partial charge on any atom is 0.337 e.